The lowest BCUT2D eigenvalue weighted by molar-refractivity contribution is 0.331. The van der Waals surface area contributed by atoms with E-state index >= 15 is 0 Å². The molecule has 3 nitrogen and oxygen atoms in total. The van der Waals surface area contributed by atoms with Crippen molar-refractivity contribution in [2.75, 3.05) is 12.4 Å². The lowest BCUT2D eigenvalue weighted by Crippen LogP contribution is -2.08. The van der Waals surface area contributed by atoms with Gasteiger partial charge in [-0.2, -0.15) is 0 Å². The maximum Gasteiger partial charge on any atom is 0.182 e. The number of benzene rings is 1. The van der Waals surface area contributed by atoms with Crippen LogP contribution in [0.4, 0.5) is 0 Å². The molecule has 0 aliphatic carbocycles. The van der Waals surface area contributed by atoms with Gasteiger partial charge in [0.2, 0.25) is 0 Å². The molecule has 0 aliphatic rings. The molecule has 0 atom stereocenters. The van der Waals surface area contributed by atoms with E-state index in [-0.39, 0.29) is 10.6 Å². The second-order valence-corrected chi connectivity index (χ2v) is 5.13. The van der Waals surface area contributed by atoms with Gasteiger partial charge in [0, 0.05) is 0 Å². The molecular formula is C11H15O3S. The fourth-order valence-electron chi connectivity index (χ4n) is 1.28. The van der Waals surface area contributed by atoms with Gasteiger partial charge in [0.25, 0.3) is 0 Å². The zero-order chi connectivity index (χ0) is 11.3. The molecule has 0 amide bonds. The van der Waals surface area contributed by atoms with E-state index < -0.39 is 9.84 Å². The van der Waals surface area contributed by atoms with Crippen molar-refractivity contribution in [2.24, 2.45) is 0 Å². The summed E-state index contributed by atoms with van der Waals surface area (Å²) in [5, 5.41) is 0. The number of rotatable bonds is 5. The van der Waals surface area contributed by atoms with E-state index in [1.807, 2.05) is 6.92 Å². The zero-order valence-corrected chi connectivity index (χ0v) is 9.59. The molecule has 1 rings (SSSR count). The molecule has 0 aliphatic heterocycles. The summed E-state index contributed by atoms with van der Waals surface area (Å²) in [4.78, 5) is 0.260. The summed E-state index contributed by atoms with van der Waals surface area (Å²) in [6, 6.07) is 6.68. The average molecular weight is 227 g/mol. The van der Waals surface area contributed by atoms with Crippen LogP contribution in [0, 0.1) is 6.92 Å². The van der Waals surface area contributed by atoms with Gasteiger partial charge in [0.05, 0.1) is 12.4 Å². The summed E-state index contributed by atoms with van der Waals surface area (Å²) in [5.74, 6) is 0.477. The predicted octanol–water partition coefficient (Wildman–Crippen LogP) is 2.08. The van der Waals surface area contributed by atoms with Crippen molar-refractivity contribution in [3.8, 4) is 5.75 Å². The molecule has 0 fully saturated rings. The van der Waals surface area contributed by atoms with Gasteiger partial charge in [-0.1, -0.05) is 19.1 Å². The maximum absolute atomic E-state index is 11.8. The fraction of sp³-hybridized carbons (Fsp3) is 0.364. The molecule has 1 aromatic rings. The second kappa shape index (κ2) is 5.16. The van der Waals surface area contributed by atoms with Crippen molar-refractivity contribution >= 4 is 9.84 Å². The maximum atomic E-state index is 11.8. The van der Waals surface area contributed by atoms with E-state index in [1.165, 1.54) is 0 Å². The topological polar surface area (TPSA) is 43.4 Å². The molecule has 4 heteroatoms. The normalized spacial score (nSPS) is 11.3. The molecule has 0 unspecified atom stereocenters. The van der Waals surface area contributed by atoms with E-state index in [9.17, 15) is 8.42 Å². The molecule has 1 radical (unpaired) electrons. The SMILES string of the molecule is [CH2]CCS(=O)(=O)c1ccccc1OCC. The van der Waals surface area contributed by atoms with Crippen LogP contribution >= 0.6 is 0 Å². The van der Waals surface area contributed by atoms with Gasteiger partial charge in [-0.15, -0.1) is 0 Å². The highest BCUT2D eigenvalue weighted by atomic mass is 32.2. The molecule has 15 heavy (non-hydrogen) atoms. The third kappa shape index (κ3) is 2.96. The molecule has 0 N–H and O–H groups in total. The number of sulfone groups is 1. The molecule has 0 saturated carbocycles. The summed E-state index contributed by atoms with van der Waals surface area (Å²) >= 11 is 0. The van der Waals surface area contributed by atoms with Gasteiger partial charge < -0.3 is 4.74 Å². The molecule has 0 aromatic heterocycles. The molecule has 0 heterocycles. The first-order valence-corrected chi connectivity index (χ1v) is 6.51. The van der Waals surface area contributed by atoms with E-state index in [0.717, 1.165) is 0 Å². The Kier molecular flexibility index (Phi) is 4.15. The Morgan fingerprint density at radius 2 is 2.00 bits per heavy atom. The van der Waals surface area contributed by atoms with Gasteiger partial charge in [0.1, 0.15) is 10.6 Å². The summed E-state index contributed by atoms with van der Waals surface area (Å²) in [5.41, 5.74) is 0. The molecule has 1 aromatic carbocycles. The minimum atomic E-state index is -3.25. The van der Waals surface area contributed by atoms with Crippen LogP contribution < -0.4 is 4.74 Å². The lowest BCUT2D eigenvalue weighted by atomic mass is 10.3. The van der Waals surface area contributed by atoms with Gasteiger partial charge in [-0.05, 0) is 25.5 Å². The quantitative estimate of drug-likeness (QED) is 0.773. The van der Waals surface area contributed by atoms with Crippen LogP contribution in [0.25, 0.3) is 0 Å². The van der Waals surface area contributed by atoms with Crippen LogP contribution in [0.2, 0.25) is 0 Å². The summed E-state index contributed by atoms with van der Waals surface area (Å²) in [6.07, 6.45) is 0.364. The van der Waals surface area contributed by atoms with Crippen molar-refractivity contribution in [3.05, 3.63) is 31.2 Å². The van der Waals surface area contributed by atoms with Crippen molar-refractivity contribution < 1.29 is 13.2 Å². The van der Waals surface area contributed by atoms with Crippen LogP contribution in [-0.4, -0.2) is 20.8 Å². The highest BCUT2D eigenvalue weighted by Gasteiger charge is 2.17. The largest absolute Gasteiger partial charge is 0.493 e. The monoisotopic (exact) mass is 227 g/mol. The van der Waals surface area contributed by atoms with Gasteiger partial charge in [-0.3, -0.25) is 0 Å². The van der Waals surface area contributed by atoms with Gasteiger partial charge in [-0.25, -0.2) is 8.42 Å². The fourth-order valence-corrected chi connectivity index (χ4v) is 2.60. The number of hydrogen-bond donors (Lipinski definition) is 0. The summed E-state index contributed by atoms with van der Waals surface area (Å²) in [7, 11) is -3.25. The Labute approximate surface area is 91.0 Å². The molecule has 0 spiro atoms. The minimum absolute atomic E-state index is 0.0527. The summed E-state index contributed by atoms with van der Waals surface area (Å²) in [6.45, 7) is 5.83. The third-order valence-corrected chi connectivity index (χ3v) is 3.73. The van der Waals surface area contributed by atoms with Crippen molar-refractivity contribution in [1.82, 2.24) is 0 Å². The Morgan fingerprint density at radius 3 is 2.60 bits per heavy atom. The first-order valence-electron chi connectivity index (χ1n) is 4.85. The Hall–Kier alpha value is -1.03. The van der Waals surface area contributed by atoms with Crippen molar-refractivity contribution in [2.45, 2.75) is 18.2 Å². The van der Waals surface area contributed by atoms with E-state index in [4.69, 9.17) is 4.74 Å². The highest BCUT2D eigenvalue weighted by molar-refractivity contribution is 7.91. The van der Waals surface area contributed by atoms with Crippen LogP contribution in [-0.2, 0) is 9.84 Å². The molecule has 0 saturated heterocycles. The Bertz CT molecular complexity index is 410. The number of hydrogen-bond acceptors (Lipinski definition) is 3. The van der Waals surface area contributed by atoms with E-state index in [1.54, 1.807) is 24.3 Å². The minimum Gasteiger partial charge on any atom is -0.493 e. The third-order valence-electron chi connectivity index (χ3n) is 1.90. The number of ether oxygens (including phenoxy) is 1. The number of para-hydroxylation sites is 1. The smallest absolute Gasteiger partial charge is 0.182 e. The average Bonchev–Trinajstić information content (AvgIpc) is 2.19. The molecule has 0 bridgehead atoms. The lowest BCUT2D eigenvalue weighted by Gasteiger charge is -2.09. The standard InChI is InChI=1S/C11H15O3S/c1-3-9-15(12,13)11-8-6-5-7-10(11)14-4-2/h5-8H,1,3-4,9H2,2H3. The Balaban J connectivity index is 3.12. The van der Waals surface area contributed by atoms with Crippen molar-refractivity contribution in [1.29, 1.82) is 0 Å². The second-order valence-electron chi connectivity index (χ2n) is 3.05. The predicted molar refractivity (Wildman–Crippen MR) is 59.6 cm³/mol. The highest BCUT2D eigenvalue weighted by Crippen LogP contribution is 2.24. The van der Waals surface area contributed by atoms with Crippen molar-refractivity contribution in [3.63, 3.8) is 0 Å². The van der Waals surface area contributed by atoms with Crippen LogP contribution in [0.15, 0.2) is 29.2 Å². The van der Waals surface area contributed by atoms with Gasteiger partial charge in [0.15, 0.2) is 9.84 Å². The van der Waals surface area contributed by atoms with Gasteiger partial charge >= 0.3 is 0 Å². The molecular weight excluding hydrogens is 212 g/mol. The van der Waals surface area contributed by atoms with Crippen LogP contribution in [0.1, 0.15) is 13.3 Å². The first-order chi connectivity index (χ1) is 7.11. The zero-order valence-electron chi connectivity index (χ0n) is 8.77. The van der Waals surface area contributed by atoms with Crippen LogP contribution in [0.3, 0.4) is 0 Å². The van der Waals surface area contributed by atoms with E-state index in [0.29, 0.717) is 18.8 Å². The van der Waals surface area contributed by atoms with E-state index in [2.05, 4.69) is 6.92 Å². The molecule has 83 valence electrons. The Morgan fingerprint density at radius 1 is 1.33 bits per heavy atom. The summed E-state index contributed by atoms with van der Waals surface area (Å²) < 4.78 is 28.9. The van der Waals surface area contributed by atoms with Crippen LogP contribution in [0.5, 0.6) is 5.75 Å². The first kappa shape index (κ1) is 12.0.